The first-order valence-electron chi connectivity index (χ1n) is 8.30. The molecular weight excluding hydrogens is 321 g/mol. The topological polar surface area (TPSA) is 46.6 Å². The van der Waals surface area contributed by atoms with Crippen molar-refractivity contribution in [3.05, 3.63) is 71.5 Å². The van der Waals surface area contributed by atoms with Gasteiger partial charge in [0.2, 0.25) is 5.91 Å². The lowest BCUT2D eigenvalue weighted by Crippen LogP contribution is -2.40. The zero-order chi connectivity index (χ0) is 17.9. The van der Waals surface area contributed by atoms with Crippen molar-refractivity contribution in [2.75, 3.05) is 13.2 Å². The number of benzene rings is 2. The lowest BCUT2D eigenvalue weighted by atomic mass is 9.79. The predicted octanol–water partition coefficient (Wildman–Crippen LogP) is 3.06. The summed E-state index contributed by atoms with van der Waals surface area (Å²) >= 11 is 0. The number of nitrogens with zero attached hydrogens (tertiary/aromatic N) is 1. The summed E-state index contributed by atoms with van der Waals surface area (Å²) in [6.45, 7) is 2.62. The zero-order valence-corrected chi connectivity index (χ0v) is 14.1. The molecule has 0 N–H and O–H groups in total. The summed E-state index contributed by atoms with van der Waals surface area (Å²) in [7, 11) is 0. The van der Waals surface area contributed by atoms with E-state index in [2.05, 4.69) is 0 Å². The molecule has 0 bridgehead atoms. The van der Waals surface area contributed by atoms with Crippen molar-refractivity contribution in [3.63, 3.8) is 0 Å². The highest BCUT2D eigenvalue weighted by molar-refractivity contribution is 5.94. The molecule has 1 unspecified atom stereocenters. The van der Waals surface area contributed by atoms with Crippen LogP contribution in [-0.4, -0.2) is 29.9 Å². The number of hydrogen-bond donors (Lipinski definition) is 0. The fourth-order valence-corrected chi connectivity index (χ4v) is 3.27. The third-order valence-electron chi connectivity index (χ3n) is 4.55. The van der Waals surface area contributed by atoms with Gasteiger partial charge in [0.1, 0.15) is 11.2 Å². The molecule has 25 heavy (non-hydrogen) atoms. The van der Waals surface area contributed by atoms with E-state index in [1.807, 2.05) is 30.3 Å². The van der Waals surface area contributed by atoms with E-state index in [0.717, 1.165) is 5.56 Å². The first-order chi connectivity index (χ1) is 12.0. The highest BCUT2D eigenvalue weighted by Crippen LogP contribution is 2.37. The van der Waals surface area contributed by atoms with Crippen LogP contribution in [0.3, 0.4) is 0 Å². The molecule has 1 fully saturated rings. The number of likely N-dealkylation sites (tertiary alicyclic amines) is 1. The molecule has 0 aromatic heterocycles. The Morgan fingerprint density at radius 3 is 2.48 bits per heavy atom. The van der Waals surface area contributed by atoms with Gasteiger partial charge in [0.25, 0.3) is 0 Å². The summed E-state index contributed by atoms with van der Waals surface area (Å²) in [4.78, 5) is 27.0. The van der Waals surface area contributed by atoms with Crippen LogP contribution in [0, 0.1) is 5.82 Å². The Balaban J connectivity index is 1.92. The lowest BCUT2D eigenvalue weighted by Gasteiger charge is -2.27. The van der Waals surface area contributed by atoms with Crippen LogP contribution in [0.15, 0.2) is 54.6 Å². The first-order valence-corrected chi connectivity index (χ1v) is 8.30. The summed E-state index contributed by atoms with van der Waals surface area (Å²) in [6, 6.07) is 15.4. The molecule has 130 valence electrons. The van der Waals surface area contributed by atoms with E-state index in [1.54, 1.807) is 24.0 Å². The van der Waals surface area contributed by atoms with Crippen LogP contribution in [0.5, 0.6) is 0 Å². The molecule has 1 aliphatic heterocycles. The molecule has 3 rings (SSSR count). The van der Waals surface area contributed by atoms with Crippen molar-refractivity contribution in [1.82, 2.24) is 4.90 Å². The van der Waals surface area contributed by atoms with Gasteiger partial charge in [0.05, 0.1) is 6.61 Å². The number of esters is 1. The van der Waals surface area contributed by atoms with Crippen LogP contribution < -0.4 is 0 Å². The molecule has 2 aromatic rings. The molecule has 1 aliphatic rings. The number of rotatable bonds is 5. The second-order valence-corrected chi connectivity index (χ2v) is 6.22. The van der Waals surface area contributed by atoms with E-state index >= 15 is 0 Å². The van der Waals surface area contributed by atoms with Crippen LogP contribution in [0.2, 0.25) is 0 Å². The molecular formula is C20H20FNO3. The van der Waals surface area contributed by atoms with Crippen molar-refractivity contribution in [2.45, 2.75) is 25.3 Å². The van der Waals surface area contributed by atoms with Gasteiger partial charge in [-0.2, -0.15) is 0 Å². The predicted molar refractivity (Wildman–Crippen MR) is 91.2 cm³/mol. The maximum atomic E-state index is 13.3. The number of ether oxygens (including phenoxy) is 1. The van der Waals surface area contributed by atoms with E-state index in [1.165, 1.54) is 12.1 Å². The Morgan fingerprint density at radius 1 is 1.16 bits per heavy atom. The Labute approximate surface area is 146 Å². The van der Waals surface area contributed by atoms with Crippen LogP contribution in [-0.2, 0) is 26.3 Å². The number of amides is 1. The van der Waals surface area contributed by atoms with Crippen LogP contribution in [0.1, 0.15) is 24.5 Å². The maximum Gasteiger partial charge on any atom is 0.318 e. The molecule has 0 saturated carbocycles. The Morgan fingerprint density at radius 2 is 1.84 bits per heavy atom. The molecule has 0 aliphatic carbocycles. The quantitative estimate of drug-likeness (QED) is 0.785. The van der Waals surface area contributed by atoms with Gasteiger partial charge in [-0.15, -0.1) is 0 Å². The first kappa shape index (κ1) is 17.1. The highest BCUT2D eigenvalue weighted by Gasteiger charge is 2.51. The molecule has 5 heteroatoms. The second kappa shape index (κ2) is 7.05. The average molecular weight is 341 g/mol. The summed E-state index contributed by atoms with van der Waals surface area (Å²) in [5.41, 5.74) is 0.515. The smallest absolute Gasteiger partial charge is 0.318 e. The number of hydrogen-bond acceptors (Lipinski definition) is 3. The highest BCUT2D eigenvalue weighted by atomic mass is 19.1. The lowest BCUT2D eigenvalue weighted by molar-refractivity contribution is -0.150. The summed E-state index contributed by atoms with van der Waals surface area (Å²) < 4.78 is 18.5. The van der Waals surface area contributed by atoms with Crippen LogP contribution in [0.4, 0.5) is 4.39 Å². The van der Waals surface area contributed by atoms with Gasteiger partial charge in [-0.25, -0.2) is 4.39 Å². The van der Waals surface area contributed by atoms with Crippen molar-refractivity contribution in [1.29, 1.82) is 0 Å². The van der Waals surface area contributed by atoms with E-state index in [0.29, 0.717) is 12.1 Å². The van der Waals surface area contributed by atoms with Crippen LogP contribution >= 0.6 is 0 Å². The van der Waals surface area contributed by atoms with Gasteiger partial charge < -0.3 is 9.64 Å². The molecule has 1 atom stereocenters. The zero-order valence-electron chi connectivity index (χ0n) is 14.1. The fraction of sp³-hybridized carbons (Fsp3) is 0.300. The van der Waals surface area contributed by atoms with E-state index < -0.39 is 11.4 Å². The van der Waals surface area contributed by atoms with Gasteiger partial charge >= 0.3 is 5.97 Å². The monoisotopic (exact) mass is 341 g/mol. The molecule has 0 spiro atoms. The number of carbonyl (C=O) groups excluding carboxylic acids is 2. The molecule has 1 heterocycles. The average Bonchev–Trinajstić information content (AvgIpc) is 2.94. The van der Waals surface area contributed by atoms with E-state index in [4.69, 9.17) is 4.74 Å². The fourth-order valence-electron chi connectivity index (χ4n) is 3.27. The third kappa shape index (κ3) is 3.40. The third-order valence-corrected chi connectivity index (χ3v) is 4.55. The van der Waals surface area contributed by atoms with Gasteiger partial charge in [-0.3, -0.25) is 9.59 Å². The van der Waals surface area contributed by atoms with E-state index in [9.17, 15) is 14.0 Å². The summed E-state index contributed by atoms with van der Waals surface area (Å²) in [6.07, 6.45) is 0.0320. The molecule has 4 nitrogen and oxygen atoms in total. The minimum Gasteiger partial charge on any atom is -0.465 e. The normalized spacial score (nSPS) is 19.9. The minimum atomic E-state index is -1.09. The Kier molecular flexibility index (Phi) is 4.83. The van der Waals surface area contributed by atoms with Crippen LogP contribution in [0.25, 0.3) is 0 Å². The van der Waals surface area contributed by atoms with Gasteiger partial charge in [0, 0.05) is 19.5 Å². The largest absolute Gasteiger partial charge is 0.465 e. The number of halogens is 1. The van der Waals surface area contributed by atoms with Crippen molar-refractivity contribution in [3.8, 4) is 0 Å². The Hall–Kier alpha value is -2.69. The second-order valence-electron chi connectivity index (χ2n) is 6.22. The maximum absolute atomic E-state index is 13.3. The van der Waals surface area contributed by atoms with Gasteiger partial charge in [0.15, 0.2) is 0 Å². The standard InChI is InChI=1S/C20H20FNO3/c1-2-25-19(24)20(16-8-10-17(21)11-9-16)12-18(23)22(14-20)13-15-6-4-3-5-7-15/h3-11H,2,12-14H2,1H3. The minimum absolute atomic E-state index is 0.0320. The van der Waals surface area contributed by atoms with Crippen molar-refractivity contribution < 1.29 is 18.7 Å². The molecule has 1 amide bonds. The van der Waals surface area contributed by atoms with Crippen molar-refractivity contribution >= 4 is 11.9 Å². The molecule has 0 radical (unpaired) electrons. The number of carbonyl (C=O) groups is 2. The summed E-state index contributed by atoms with van der Waals surface area (Å²) in [5, 5.41) is 0. The molecule has 2 aromatic carbocycles. The molecule has 1 saturated heterocycles. The van der Waals surface area contributed by atoms with Gasteiger partial charge in [-0.05, 0) is 30.2 Å². The Bertz CT molecular complexity index is 760. The van der Waals surface area contributed by atoms with Crippen molar-refractivity contribution in [2.24, 2.45) is 0 Å². The van der Waals surface area contributed by atoms with E-state index in [-0.39, 0.29) is 31.3 Å². The summed E-state index contributed by atoms with van der Waals surface area (Å²) in [5.74, 6) is -0.931. The van der Waals surface area contributed by atoms with Gasteiger partial charge in [-0.1, -0.05) is 42.5 Å². The SMILES string of the molecule is CCOC(=O)C1(c2ccc(F)cc2)CC(=O)N(Cc2ccccc2)C1.